The number of rotatable bonds is 2. The number of benzene rings is 2. The van der Waals surface area contributed by atoms with Crippen LogP contribution in [0.5, 0.6) is 0 Å². The van der Waals surface area contributed by atoms with Gasteiger partial charge >= 0.3 is 0 Å². The molecular weight excluding hydrogens is 244 g/mol. The minimum absolute atomic E-state index is 0.0248. The molecule has 98 valence electrons. The van der Waals surface area contributed by atoms with Crippen molar-refractivity contribution in [3.8, 4) is 11.8 Å². The van der Waals surface area contributed by atoms with Gasteiger partial charge in [-0.3, -0.25) is 4.79 Å². The summed E-state index contributed by atoms with van der Waals surface area (Å²) in [5.41, 5.74) is 3.98. The summed E-state index contributed by atoms with van der Waals surface area (Å²) in [4.78, 5) is 11.9. The summed E-state index contributed by atoms with van der Waals surface area (Å²) < 4.78 is 0. The molecule has 0 aliphatic carbocycles. The number of carbonyl (C=O) groups is 1. The third kappa shape index (κ3) is 3.96. The Labute approximate surface area is 120 Å². The van der Waals surface area contributed by atoms with Crippen molar-refractivity contribution in [1.29, 1.82) is 0 Å². The zero-order valence-corrected chi connectivity index (χ0v) is 11.7. The van der Waals surface area contributed by atoms with Gasteiger partial charge in [-0.2, -0.15) is 0 Å². The monoisotopic (exact) mass is 260 g/mol. The molecule has 0 amide bonds. The summed E-state index contributed by atoms with van der Waals surface area (Å²) in [5.74, 6) is 5.86. The molecule has 2 aromatic carbocycles. The average Bonchev–Trinajstić information content (AvgIpc) is 2.46. The van der Waals surface area contributed by atoms with E-state index in [1.165, 1.54) is 11.6 Å². The Kier molecular flexibility index (Phi) is 4.52. The molecule has 0 unspecified atom stereocenters. The zero-order valence-electron chi connectivity index (χ0n) is 11.7. The van der Waals surface area contributed by atoms with Crippen molar-refractivity contribution in [3.05, 3.63) is 82.9 Å². The van der Waals surface area contributed by atoms with Crippen LogP contribution in [0, 0.1) is 25.7 Å². The summed E-state index contributed by atoms with van der Waals surface area (Å²) >= 11 is 0. The predicted molar refractivity (Wildman–Crippen MR) is 82.7 cm³/mol. The van der Waals surface area contributed by atoms with Gasteiger partial charge in [0.15, 0.2) is 5.78 Å². The number of aryl methyl sites for hydroxylation is 2. The van der Waals surface area contributed by atoms with E-state index in [2.05, 4.69) is 11.8 Å². The Morgan fingerprint density at radius 1 is 0.900 bits per heavy atom. The van der Waals surface area contributed by atoms with Gasteiger partial charge in [0.05, 0.1) is 0 Å². The van der Waals surface area contributed by atoms with Gasteiger partial charge in [0.25, 0.3) is 0 Å². The molecule has 0 aliphatic rings. The highest BCUT2D eigenvalue weighted by molar-refractivity contribution is 6.04. The molecule has 1 nitrogen and oxygen atoms in total. The number of carbonyl (C=O) groups excluding carboxylic acids is 1. The molecule has 0 aliphatic heterocycles. The van der Waals surface area contributed by atoms with Crippen LogP contribution in [0.1, 0.15) is 27.0 Å². The molecule has 20 heavy (non-hydrogen) atoms. The summed E-state index contributed by atoms with van der Waals surface area (Å²) in [6, 6.07) is 15.5. The molecule has 2 rings (SSSR count). The number of allylic oxidation sites excluding steroid dienone is 2. The van der Waals surface area contributed by atoms with E-state index in [1.54, 1.807) is 6.08 Å². The van der Waals surface area contributed by atoms with Crippen LogP contribution in [0.2, 0.25) is 0 Å². The first-order valence-corrected chi connectivity index (χ1v) is 6.51. The highest BCUT2D eigenvalue weighted by atomic mass is 16.1. The Balaban J connectivity index is 2.02. The maximum atomic E-state index is 11.9. The zero-order chi connectivity index (χ0) is 14.4. The van der Waals surface area contributed by atoms with Gasteiger partial charge in [-0.1, -0.05) is 59.4 Å². The molecule has 1 heteroatoms. The number of ketones is 1. The minimum atomic E-state index is -0.0248. The molecule has 0 aromatic heterocycles. The fourth-order valence-electron chi connectivity index (χ4n) is 1.69. The maximum absolute atomic E-state index is 11.9. The topological polar surface area (TPSA) is 17.1 Å². The van der Waals surface area contributed by atoms with Crippen LogP contribution in [-0.4, -0.2) is 5.78 Å². The summed E-state index contributed by atoms with van der Waals surface area (Å²) in [6.45, 7) is 4.04. The Morgan fingerprint density at radius 2 is 1.45 bits per heavy atom. The molecule has 0 N–H and O–H groups in total. The van der Waals surface area contributed by atoms with Gasteiger partial charge in [-0.05, 0) is 38.1 Å². The molecule has 0 radical (unpaired) electrons. The molecule has 0 saturated heterocycles. The molecular formula is C19H16O. The smallest absolute Gasteiger partial charge is 0.186 e. The molecule has 0 spiro atoms. The largest absolute Gasteiger partial charge is 0.289 e. The number of hydrogen-bond donors (Lipinski definition) is 0. The van der Waals surface area contributed by atoms with Gasteiger partial charge in [-0.15, -0.1) is 0 Å². The lowest BCUT2D eigenvalue weighted by Gasteiger charge is -1.95. The lowest BCUT2D eigenvalue weighted by Crippen LogP contribution is -1.93. The molecule has 2 aromatic rings. The number of hydrogen-bond acceptors (Lipinski definition) is 1. The van der Waals surface area contributed by atoms with Gasteiger partial charge in [0.2, 0.25) is 0 Å². The van der Waals surface area contributed by atoms with Gasteiger partial charge in [0.1, 0.15) is 0 Å². The van der Waals surface area contributed by atoms with Crippen molar-refractivity contribution < 1.29 is 4.79 Å². The first-order valence-electron chi connectivity index (χ1n) is 6.51. The molecule has 0 atom stereocenters. The van der Waals surface area contributed by atoms with Crippen LogP contribution in [0.3, 0.4) is 0 Å². The van der Waals surface area contributed by atoms with Crippen molar-refractivity contribution >= 4 is 5.78 Å². The fourth-order valence-corrected chi connectivity index (χ4v) is 1.69. The second-order valence-electron chi connectivity index (χ2n) is 4.70. The van der Waals surface area contributed by atoms with E-state index in [0.29, 0.717) is 5.56 Å². The fraction of sp³-hybridized carbons (Fsp3) is 0.105. The minimum Gasteiger partial charge on any atom is -0.289 e. The molecule has 0 saturated carbocycles. The van der Waals surface area contributed by atoms with Crippen LogP contribution in [0.25, 0.3) is 0 Å². The SMILES string of the molecule is Cc1ccc(C#C/C=C/C(=O)c2ccc(C)cc2)cc1. The molecule has 0 heterocycles. The van der Waals surface area contributed by atoms with Crippen molar-refractivity contribution in [3.63, 3.8) is 0 Å². The van der Waals surface area contributed by atoms with E-state index in [1.807, 2.05) is 62.4 Å². The molecule has 0 fully saturated rings. The Hall–Kier alpha value is -2.59. The lowest BCUT2D eigenvalue weighted by atomic mass is 10.1. The maximum Gasteiger partial charge on any atom is 0.186 e. The van der Waals surface area contributed by atoms with E-state index in [0.717, 1.165) is 11.1 Å². The van der Waals surface area contributed by atoms with E-state index in [4.69, 9.17) is 0 Å². The van der Waals surface area contributed by atoms with Crippen molar-refractivity contribution in [2.24, 2.45) is 0 Å². The van der Waals surface area contributed by atoms with Crippen molar-refractivity contribution in [2.75, 3.05) is 0 Å². The standard InChI is InChI=1S/C19H16O/c1-15-7-11-17(12-8-15)5-3-4-6-19(20)18-13-9-16(2)10-14-18/h4,6-14H,1-2H3/b6-4+. The summed E-state index contributed by atoms with van der Waals surface area (Å²) in [5, 5.41) is 0. The Morgan fingerprint density at radius 3 is 2.05 bits per heavy atom. The summed E-state index contributed by atoms with van der Waals surface area (Å²) in [6.07, 6.45) is 3.11. The van der Waals surface area contributed by atoms with E-state index >= 15 is 0 Å². The first kappa shape index (κ1) is 13.8. The Bertz CT molecular complexity index is 677. The second kappa shape index (κ2) is 6.54. The van der Waals surface area contributed by atoms with Crippen LogP contribution in [0.4, 0.5) is 0 Å². The first-order chi connectivity index (χ1) is 9.65. The third-order valence-corrected chi connectivity index (χ3v) is 2.92. The van der Waals surface area contributed by atoms with Crippen LogP contribution >= 0.6 is 0 Å². The normalized spacial score (nSPS) is 10.1. The second-order valence-corrected chi connectivity index (χ2v) is 4.70. The van der Waals surface area contributed by atoms with E-state index in [-0.39, 0.29) is 5.78 Å². The third-order valence-electron chi connectivity index (χ3n) is 2.92. The van der Waals surface area contributed by atoms with Crippen LogP contribution < -0.4 is 0 Å². The van der Waals surface area contributed by atoms with Crippen molar-refractivity contribution in [1.82, 2.24) is 0 Å². The van der Waals surface area contributed by atoms with E-state index in [9.17, 15) is 4.79 Å². The average molecular weight is 260 g/mol. The van der Waals surface area contributed by atoms with Gasteiger partial charge in [-0.25, -0.2) is 0 Å². The predicted octanol–water partition coefficient (Wildman–Crippen LogP) is 4.09. The van der Waals surface area contributed by atoms with Gasteiger partial charge in [0, 0.05) is 11.1 Å². The quantitative estimate of drug-likeness (QED) is 0.451. The van der Waals surface area contributed by atoms with E-state index < -0.39 is 0 Å². The molecule has 0 bridgehead atoms. The lowest BCUT2D eigenvalue weighted by molar-refractivity contribution is 0.104. The van der Waals surface area contributed by atoms with Crippen molar-refractivity contribution in [2.45, 2.75) is 13.8 Å². The van der Waals surface area contributed by atoms with Gasteiger partial charge < -0.3 is 0 Å². The highest BCUT2D eigenvalue weighted by Crippen LogP contribution is 2.04. The van der Waals surface area contributed by atoms with Crippen LogP contribution in [0.15, 0.2) is 60.7 Å². The summed E-state index contributed by atoms with van der Waals surface area (Å²) in [7, 11) is 0. The van der Waals surface area contributed by atoms with Crippen LogP contribution in [-0.2, 0) is 0 Å². The highest BCUT2D eigenvalue weighted by Gasteiger charge is 1.99.